The highest BCUT2D eigenvalue weighted by molar-refractivity contribution is 8.00. The first kappa shape index (κ1) is 26.1. The Morgan fingerprint density at radius 1 is 1.03 bits per heavy atom. The first-order valence-electron chi connectivity index (χ1n) is 11.3. The van der Waals surface area contributed by atoms with Crippen LogP contribution in [0.3, 0.4) is 0 Å². The van der Waals surface area contributed by atoms with Gasteiger partial charge in [-0.15, -0.1) is 10.2 Å². The minimum absolute atomic E-state index is 0.0367. The molecule has 1 N–H and O–H groups in total. The average Bonchev–Trinajstić information content (AvgIpc) is 3.50. The number of thioether (sulfide) groups is 1. The molecule has 39 heavy (non-hydrogen) atoms. The lowest BCUT2D eigenvalue weighted by Gasteiger charge is -2.22. The molecule has 196 valence electrons. The Bertz CT molecular complexity index is 1620. The molecule has 0 spiro atoms. The van der Waals surface area contributed by atoms with E-state index in [4.69, 9.17) is 0 Å². The number of halogens is 2. The van der Waals surface area contributed by atoms with Crippen LogP contribution in [0.4, 0.5) is 19.6 Å². The molecule has 1 atom stereocenters. The summed E-state index contributed by atoms with van der Waals surface area (Å²) in [6, 6.07) is 14.9. The number of nitrogens with zero attached hydrogens (tertiary/aromatic N) is 4. The molecule has 1 fully saturated rings. The van der Waals surface area contributed by atoms with Gasteiger partial charge in [-0.2, -0.15) is 0 Å². The number of carbonyl (C=O) groups is 2. The average molecular weight is 567 g/mol. The molecular weight excluding hydrogens is 550 g/mol. The Kier molecular flexibility index (Phi) is 7.17. The molecule has 0 bridgehead atoms. The lowest BCUT2D eigenvalue weighted by Crippen LogP contribution is -2.29. The zero-order valence-electron chi connectivity index (χ0n) is 19.7. The summed E-state index contributed by atoms with van der Waals surface area (Å²) < 4.78 is 27.9. The molecule has 0 radical (unpaired) electrons. The van der Waals surface area contributed by atoms with Crippen molar-refractivity contribution in [2.75, 3.05) is 4.90 Å². The number of Topliss-reactive ketones (excluding diaryl/α,β-unsaturated/α-hetero) is 1. The second kappa shape index (κ2) is 10.7. The summed E-state index contributed by atoms with van der Waals surface area (Å²) in [7, 11) is 0. The van der Waals surface area contributed by atoms with E-state index in [1.165, 1.54) is 54.2 Å². The summed E-state index contributed by atoms with van der Waals surface area (Å²) >= 11 is 2.18. The topological polar surface area (TPSA) is 127 Å². The van der Waals surface area contributed by atoms with Crippen LogP contribution < -0.4 is 4.90 Å². The number of ketones is 1. The number of amides is 1. The van der Waals surface area contributed by atoms with Crippen LogP contribution in [0.25, 0.3) is 5.76 Å². The molecule has 1 unspecified atom stereocenters. The number of aliphatic hydroxyl groups is 1. The first-order valence-corrected chi connectivity index (χ1v) is 13.1. The Morgan fingerprint density at radius 3 is 2.38 bits per heavy atom. The van der Waals surface area contributed by atoms with Gasteiger partial charge in [-0.05, 0) is 53.6 Å². The minimum atomic E-state index is -1.20. The summed E-state index contributed by atoms with van der Waals surface area (Å²) in [5.74, 6) is -3.25. The van der Waals surface area contributed by atoms with Gasteiger partial charge >= 0.3 is 5.91 Å². The Balaban J connectivity index is 1.55. The van der Waals surface area contributed by atoms with Crippen LogP contribution >= 0.6 is 23.1 Å². The van der Waals surface area contributed by atoms with Gasteiger partial charge in [-0.25, -0.2) is 8.78 Å². The Hall–Kier alpha value is -4.49. The van der Waals surface area contributed by atoms with Gasteiger partial charge in [-0.1, -0.05) is 41.3 Å². The van der Waals surface area contributed by atoms with Crippen molar-refractivity contribution in [3.05, 3.63) is 117 Å². The fourth-order valence-corrected chi connectivity index (χ4v) is 5.85. The number of aliphatic hydroxyl groups excluding tert-OH is 1. The van der Waals surface area contributed by atoms with E-state index in [2.05, 4.69) is 10.2 Å². The number of hydrogen-bond donors (Lipinski definition) is 1. The molecule has 3 aromatic carbocycles. The Labute approximate surface area is 227 Å². The highest BCUT2D eigenvalue weighted by atomic mass is 32.2. The molecule has 0 saturated carbocycles. The van der Waals surface area contributed by atoms with Crippen LogP contribution in [-0.2, 0) is 15.3 Å². The summed E-state index contributed by atoms with van der Waals surface area (Å²) in [5, 5.41) is 30.4. The third kappa shape index (κ3) is 5.13. The van der Waals surface area contributed by atoms with Crippen molar-refractivity contribution in [3.8, 4) is 0 Å². The Morgan fingerprint density at radius 2 is 1.72 bits per heavy atom. The summed E-state index contributed by atoms with van der Waals surface area (Å²) in [6.07, 6.45) is 0. The lowest BCUT2D eigenvalue weighted by molar-refractivity contribution is -0.384. The van der Waals surface area contributed by atoms with Crippen LogP contribution in [0.15, 0.2) is 82.7 Å². The summed E-state index contributed by atoms with van der Waals surface area (Å²) in [5.41, 5.74) is 0.331. The largest absolute Gasteiger partial charge is 0.507 e. The van der Waals surface area contributed by atoms with Gasteiger partial charge in [0, 0.05) is 23.4 Å². The molecule has 1 aromatic heterocycles. The van der Waals surface area contributed by atoms with Gasteiger partial charge in [-0.3, -0.25) is 24.6 Å². The summed E-state index contributed by atoms with van der Waals surface area (Å²) in [4.78, 5) is 38.1. The quantitative estimate of drug-likeness (QED) is 0.0579. The highest BCUT2D eigenvalue weighted by Crippen LogP contribution is 2.44. The molecule has 1 aliphatic rings. The highest BCUT2D eigenvalue weighted by Gasteiger charge is 2.48. The fraction of sp³-hybridized carbons (Fsp3) is 0.0769. The van der Waals surface area contributed by atoms with Gasteiger partial charge in [0.15, 0.2) is 4.34 Å². The molecular formula is C26H16F2N4O5S2. The minimum Gasteiger partial charge on any atom is -0.507 e. The van der Waals surface area contributed by atoms with Crippen molar-refractivity contribution in [2.45, 2.75) is 16.1 Å². The third-order valence-corrected chi connectivity index (χ3v) is 8.00. The van der Waals surface area contributed by atoms with Crippen molar-refractivity contribution in [3.63, 3.8) is 0 Å². The molecule has 1 aliphatic heterocycles. The van der Waals surface area contributed by atoms with Crippen LogP contribution in [0, 0.1) is 21.7 Å². The molecule has 2 heterocycles. The molecule has 4 aromatic rings. The number of nitro groups is 1. The number of carbonyl (C=O) groups excluding carboxylic acids is 2. The molecule has 13 heteroatoms. The van der Waals surface area contributed by atoms with E-state index in [1.807, 2.05) is 0 Å². The van der Waals surface area contributed by atoms with Crippen LogP contribution in [0.5, 0.6) is 0 Å². The summed E-state index contributed by atoms with van der Waals surface area (Å²) in [6.45, 7) is 0. The smallest absolute Gasteiger partial charge is 0.301 e. The van der Waals surface area contributed by atoms with Crippen molar-refractivity contribution in [1.29, 1.82) is 0 Å². The standard InChI is InChI=1S/C26H16F2N4O5S2/c27-17-9-5-15(6-10-17)22(33)20-21(14-7-11-18(12-8-14)32(36)37)31(24(35)23(20)34)25-29-30-26(39-25)38-13-16-3-1-2-4-19(16)28/h1-12,21,33H,13H2/b22-20-. The zero-order valence-corrected chi connectivity index (χ0v) is 21.3. The molecule has 5 rings (SSSR count). The molecule has 0 aliphatic carbocycles. The maximum atomic E-state index is 14.0. The van der Waals surface area contributed by atoms with Gasteiger partial charge < -0.3 is 5.11 Å². The van der Waals surface area contributed by atoms with Crippen molar-refractivity contribution in [1.82, 2.24) is 10.2 Å². The van der Waals surface area contributed by atoms with Crippen LogP contribution in [-0.4, -0.2) is 31.9 Å². The van der Waals surface area contributed by atoms with Gasteiger partial charge in [0.1, 0.15) is 17.4 Å². The number of rotatable bonds is 7. The van der Waals surface area contributed by atoms with Crippen LogP contribution in [0.1, 0.15) is 22.7 Å². The zero-order chi connectivity index (χ0) is 27.7. The molecule has 9 nitrogen and oxygen atoms in total. The normalized spacial score (nSPS) is 16.6. The van der Waals surface area contributed by atoms with E-state index in [9.17, 15) is 33.6 Å². The maximum absolute atomic E-state index is 14.0. The maximum Gasteiger partial charge on any atom is 0.301 e. The predicted molar refractivity (Wildman–Crippen MR) is 140 cm³/mol. The second-order valence-electron chi connectivity index (χ2n) is 8.26. The lowest BCUT2D eigenvalue weighted by atomic mass is 9.95. The van der Waals surface area contributed by atoms with E-state index in [0.717, 1.165) is 28.4 Å². The fourth-order valence-electron chi connectivity index (χ4n) is 4.00. The number of aromatic nitrogens is 2. The van der Waals surface area contributed by atoms with E-state index in [1.54, 1.807) is 18.2 Å². The number of nitro benzene ring substituents is 1. The predicted octanol–water partition coefficient (Wildman–Crippen LogP) is 5.64. The van der Waals surface area contributed by atoms with E-state index >= 15 is 0 Å². The van der Waals surface area contributed by atoms with E-state index in [0.29, 0.717) is 15.5 Å². The second-order valence-corrected chi connectivity index (χ2v) is 10.4. The number of anilines is 1. The number of hydrogen-bond acceptors (Lipinski definition) is 9. The molecule has 1 amide bonds. The van der Waals surface area contributed by atoms with Crippen molar-refractivity contribution < 1.29 is 28.4 Å². The van der Waals surface area contributed by atoms with Gasteiger partial charge in [0.25, 0.3) is 11.5 Å². The first-order chi connectivity index (χ1) is 18.7. The molecule has 1 saturated heterocycles. The van der Waals surface area contributed by atoms with Gasteiger partial charge in [0.05, 0.1) is 16.5 Å². The number of non-ortho nitro benzene ring substituents is 1. The van der Waals surface area contributed by atoms with Crippen molar-refractivity contribution >= 4 is 51.4 Å². The SMILES string of the molecule is O=C1C(=O)N(c2nnc(SCc3ccccc3F)s2)C(c2ccc([N+](=O)[O-])cc2)/C1=C(/O)c1ccc(F)cc1. The van der Waals surface area contributed by atoms with Crippen LogP contribution in [0.2, 0.25) is 0 Å². The third-order valence-electron chi connectivity index (χ3n) is 5.89. The van der Waals surface area contributed by atoms with Crippen molar-refractivity contribution in [2.24, 2.45) is 0 Å². The number of benzene rings is 3. The van der Waals surface area contributed by atoms with E-state index < -0.39 is 34.2 Å². The van der Waals surface area contributed by atoms with E-state index in [-0.39, 0.29) is 33.5 Å². The van der Waals surface area contributed by atoms with Gasteiger partial charge in [0.2, 0.25) is 5.13 Å². The monoisotopic (exact) mass is 566 g/mol.